The second kappa shape index (κ2) is 3.46. The van der Waals surface area contributed by atoms with Gasteiger partial charge in [0.1, 0.15) is 0 Å². The lowest BCUT2D eigenvalue weighted by molar-refractivity contribution is 0.455. The van der Waals surface area contributed by atoms with Crippen LogP contribution in [0, 0.1) is 13.0 Å². The minimum absolute atomic E-state index is 0.0331. The maximum absolute atomic E-state index is 9.51. The van der Waals surface area contributed by atoms with Gasteiger partial charge in [-0.15, -0.1) is 0 Å². The van der Waals surface area contributed by atoms with Crippen molar-refractivity contribution in [2.75, 3.05) is 0 Å². The van der Waals surface area contributed by atoms with Crippen LogP contribution in [0.25, 0.3) is 11.3 Å². The predicted octanol–water partition coefficient (Wildman–Crippen LogP) is 1.96. The van der Waals surface area contributed by atoms with Crippen LogP contribution in [0.5, 0.6) is 5.88 Å². The monoisotopic (exact) mass is 185 g/mol. The van der Waals surface area contributed by atoms with Gasteiger partial charge in [-0.3, -0.25) is 4.98 Å². The summed E-state index contributed by atoms with van der Waals surface area (Å²) in [6.07, 6.45) is 3.18. The molecule has 3 nitrogen and oxygen atoms in total. The van der Waals surface area contributed by atoms with Gasteiger partial charge < -0.3 is 5.11 Å². The van der Waals surface area contributed by atoms with Gasteiger partial charge in [0, 0.05) is 12.4 Å². The first-order valence-electron chi connectivity index (χ1n) is 4.26. The van der Waals surface area contributed by atoms with Crippen LogP contribution in [0.3, 0.4) is 0 Å². The second-order valence-electron chi connectivity index (χ2n) is 2.96. The molecule has 0 bridgehead atoms. The Labute approximate surface area is 82.1 Å². The summed E-state index contributed by atoms with van der Waals surface area (Å²) in [5, 5.41) is 9.51. The van der Waals surface area contributed by atoms with Gasteiger partial charge in [-0.25, -0.2) is 4.98 Å². The van der Waals surface area contributed by atoms with E-state index in [4.69, 9.17) is 0 Å². The van der Waals surface area contributed by atoms with Crippen LogP contribution in [-0.4, -0.2) is 15.1 Å². The van der Waals surface area contributed by atoms with Gasteiger partial charge in [-0.1, -0.05) is 6.07 Å². The summed E-state index contributed by atoms with van der Waals surface area (Å²) in [5.74, 6) is -0.0331. The quantitative estimate of drug-likeness (QED) is 0.738. The number of pyridine rings is 2. The Morgan fingerprint density at radius 3 is 2.86 bits per heavy atom. The summed E-state index contributed by atoms with van der Waals surface area (Å²) < 4.78 is 0. The van der Waals surface area contributed by atoms with E-state index in [2.05, 4.69) is 16.0 Å². The zero-order valence-electron chi connectivity index (χ0n) is 7.73. The zero-order chi connectivity index (χ0) is 9.97. The van der Waals surface area contributed by atoms with Crippen molar-refractivity contribution < 1.29 is 5.11 Å². The Hall–Kier alpha value is -1.90. The Balaban J connectivity index is 2.61. The molecule has 2 heterocycles. The number of hydrogen-bond donors (Lipinski definition) is 1. The highest BCUT2D eigenvalue weighted by atomic mass is 16.3. The molecular weight excluding hydrogens is 176 g/mol. The molecule has 0 aromatic carbocycles. The molecule has 0 unspecified atom stereocenters. The van der Waals surface area contributed by atoms with Crippen LogP contribution in [0.15, 0.2) is 30.6 Å². The molecule has 0 saturated heterocycles. The van der Waals surface area contributed by atoms with Gasteiger partial charge >= 0.3 is 0 Å². The molecule has 0 spiro atoms. The second-order valence-corrected chi connectivity index (χ2v) is 2.96. The Kier molecular flexibility index (Phi) is 2.14. The normalized spacial score (nSPS) is 10.1. The summed E-state index contributed by atoms with van der Waals surface area (Å²) in [6.45, 7) is 1.93. The standard InChI is InChI=1S/C11H9N2O/c1-8-4-2-6-12-10(8)9-5-3-7-13-11(9)14/h2-4,6-7H,1H3,(H,13,14). The molecule has 3 heteroatoms. The van der Waals surface area contributed by atoms with E-state index in [1.165, 1.54) is 6.20 Å². The average Bonchev–Trinajstić information content (AvgIpc) is 2.20. The molecule has 0 aliphatic heterocycles. The van der Waals surface area contributed by atoms with E-state index in [-0.39, 0.29) is 5.88 Å². The van der Waals surface area contributed by atoms with Crippen molar-refractivity contribution >= 4 is 0 Å². The molecule has 2 aromatic rings. The van der Waals surface area contributed by atoms with E-state index in [0.717, 1.165) is 11.3 Å². The smallest absolute Gasteiger partial charge is 0.221 e. The fourth-order valence-electron chi connectivity index (χ4n) is 1.28. The molecule has 0 fully saturated rings. The van der Waals surface area contributed by atoms with Crippen molar-refractivity contribution in [1.82, 2.24) is 9.97 Å². The molecular formula is C11H9N2O. The first-order chi connectivity index (χ1) is 6.79. The average molecular weight is 185 g/mol. The third kappa shape index (κ3) is 1.44. The van der Waals surface area contributed by atoms with E-state index >= 15 is 0 Å². The van der Waals surface area contributed by atoms with E-state index in [1.807, 2.05) is 19.1 Å². The zero-order valence-corrected chi connectivity index (χ0v) is 7.73. The van der Waals surface area contributed by atoms with Crippen molar-refractivity contribution in [1.29, 1.82) is 0 Å². The van der Waals surface area contributed by atoms with Crippen LogP contribution < -0.4 is 0 Å². The van der Waals surface area contributed by atoms with Gasteiger partial charge in [0.15, 0.2) is 0 Å². The maximum Gasteiger partial charge on any atom is 0.221 e. The lowest BCUT2D eigenvalue weighted by Gasteiger charge is -2.04. The maximum atomic E-state index is 9.51. The predicted molar refractivity (Wildman–Crippen MR) is 52.7 cm³/mol. The molecule has 0 atom stereocenters. The van der Waals surface area contributed by atoms with E-state index in [1.54, 1.807) is 12.3 Å². The van der Waals surface area contributed by atoms with Crippen LogP contribution in [0.4, 0.5) is 0 Å². The molecule has 1 radical (unpaired) electrons. The fraction of sp³-hybridized carbons (Fsp3) is 0.0909. The van der Waals surface area contributed by atoms with Gasteiger partial charge in [-0.05, 0) is 30.7 Å². The van der Waals surface area contributed by atoms with Gasteiger partial charge in [0.2, 0.25) is 5.88 Å². The summed E-state index contributed by atoms with van der Waals surface area (Å²) in [7, 11) is 0. The van der Waals surface area contributed by atoms with Crippen LogP contribution in [0.2, 0.25) is 0 Å². The van der Waals surface area contributed by atoms with E-state index < -0.39 is 0 Å². The fourth-order valence-corrected chi connectivity index (χ4v) is 1.28. The molecule has 0 saturated carbocycles. The number of aromatic hydroxyl groups is 1. The molecule has 2 rings (SSSR count). The summed E-state index contributed by atoms with van der Waals surface area (Å²) in [6, 6.07) is 8.36. The third-order valence-electron chi connectivity index (χ3n) is 1.97. The van der Waals surface area contributed by atoms with E-state index in [0.29, 0.717) is 5.56 Å². The van der Waals surface area contributed by atoms with Crippen molar-refractivity contribution in [2.24, 2.45) is 0 Å². The minimum Gasteiger partial charge on any atom is -0.493 e. The number of nitrogens with zero attached hydrogens (tertiary/aromatic N) is 2. The third-order valence-corrected chi connectivity index (χ3v) is 1.97. The van der Waals surface area contributed by atoms with Crippen LogP contribution in [0.1, 0.15) is 5.56 Å². The highest BCUT2D eigenvalue weighted by molar-refractivity contribution is 5.66. The van der Waals surface area contributed by atoms with Crippen molar-refractivity contribution in [3.63, 3.8) is 0 Å². The first-order valence-corrected chi connectivity index (χ1v) is 4.26. The highest BCUT2D eigenvalue weighted by Gasteiger charge is 2.07. The molecule has 14 heavy (non-hydrogen) atoms. The SMILES string of the molecule is Cc1cccnc1-c1[c]ccnc1O. The van der Waals surface area contributed by atoms with Crippen molar-refractivity contribution in [3.05, 3.63) is 42.2 Å². The number of rotatable bonds is 1. The summed E-state index contributed by atoms with van der Waals surface area (Å²) in [4.78, 5) is 7.96. The summed E-state index contributed by atoms with van der Waals surface area (Å²) >= 11 is 0. The number of aromatic nitrogens is 2. The Bertz CT molecular complexity index is 411. The Morgan fingerprint density at radius 2 is 2.14 bits per heavy atom. The van der Waals surface area contributed by atoms with Gasteiger partial charge in [0.05, 0.1) is 11.3 Å². The van der Waals surface area contributed by atoms with Gasteiger partial charge in [0.25, 0.3) is 0 Å². The lowest BCUT2D eigenvalue weighted by Crippen LogP contribution is -1.89. The molecule has 1 N–H and O–H groups in total. The van der Waals surface area contributed by atoms with Crippen LogP contribution >= 0.6 is 0 Å². The first kappa shape index (κ1) is 8.69. The minimum atomic E-state index is -0.0331. The highest BCUT2D eigenvalue weighted by Crippen LogP contribution is 2.26. The van der Waals surface area contributed by atoms with E-state index in [9.17, 15) is 5.11 Å². The Morgan fingerprint density at radius 1 is 1.29 bits per heavy atom. The summed E-state index contributed by atoms with van der Waals surface area (Å²) in [5.41, 5.74) is 2.26. The van der Waals surface area contributed by atoms with Crippen molar-refractivity contribution in [2.45, 2.75) is 6.92 Å². The molecule has 69 valence electrons. The van der Waals surface area contributed by atoms with Crippen molar-refractivity contribution in [3.8, 4) is 17.1 Å². The molecule has 0 amide bonds. The molecule has 0 aliphatic carbocycles. The largest absolute Gasteiger partial charge is 0.493 e. The molecule has 2 aromatic heterocycles. The lowest BCUT2D eigenvalue weighted by atomic mass is 10.1. The topological polar surface area (TPSA) is 46.0 Å². The number of aryl methyl sites for hydroxylation is 1. The van der Waals surface area contributed by atoms with Crippen LogP contribution in [-0.2, 0) is 0 Å². The molecule has 0 aliphatic rings. The van der Waals surface area contributed by atoms with Gasteiger partial charge in [-0.2, -0.15) is 0 Å². The number of hydrogen-bond acceptors (Lipinski definition) is 3.